The highest BCUT2D eigenvalue weighted by atomic mass is 79.9. The van der Waals surface area contributed by atoms with Gasteiger partial charge in [-0.3, -0.25) is 0 Å². The summed E-state index contributed by atoms with van der Waals surface area (Å²) >= 11 is 12.5. The molecule has 4 aliphatic rings. The summed E-state index contributed by atoms with van der Waals surface area (Å²) < 4.78 is 59.8. The van der Waals surface area contributed by atoms with E-state index in [0.717, 1.165) is 0 Å². The van der Waals surface area contributed by atoms with Crippen LogP contribution in [-0.4, -0.2) is 0 Å². The van der Waals surface area contributed by atoms with Crippen molar-refractivity contribution in [3.63, 3.8) is 0 Å². The summed E-state index contributed by atoms with van der Waals surface area (Å²) in [5.74, 6) is -6.32. The van der Waals surface area contributed by atoms with Crippen molar-refractivity contribution in [1.29, 1.82) is 0 Å². The van der Waals surface area contributed by atoms with Crippen LogP contribution in [0.2, 0.25) is 0 Å². The molecule has 0 atom stereocenters. The van der Waals surface area contributed by atoms with Crippen molar-refractivity contribution in [3.8, 4) is 0 Å². The second-order valence-corrected chi connectivity index (χ2v) is 9.03. The Kier molecular flexibility index (Phi) is 4.99. The first-order valence-electron chi connectivity index (χ1n) is 6.74. The predicted molar refractivity (Wildman–Crippen MR) is 98.9 cm³/mol. The van der Waals surface area contributed by atoms with Crippen molar-refractivity contribution in [2.24, 2.45) is 0 Å². The highest BCUT2D eigenvalue weighted by molar-refractivity contribution is 9.11. The molecule has 2 aromatic rings. The first kappa shape index (κ1) is 18.9. The first-order valence-corrected chi connectivity index (χ1v) is 9.91. The highest BCUT2D eigenvalue weighted by Crippen LogP contribution is 2.46. The van der Waals surface area contributed by atoms with Gasteiger partial charge in [-0.05, 0) is 35.4 Å². The van der Waals surface area contributed by atoms with E-state index in [1.54, 1.807) is 0 Å². The van der Waals surface area contributed by atoms with Gasteiger partial charge in [0.15, 0.2) is 0 Å². The van der Waals surface area contributed by atoms with Crippen molar-refractivity contribution < 1.29 is 17.6 Å². The van der Waals surface area contributed by atoms with Gasteiger partial charge in [-0.2, -0.15) is 0 Å². The summed E-state index contributed by atoms with van der Waals surface area (Å²) in [7, 11) is 0. The lowest BCUT2D eigenvalue weighted by atomic mass is 9.93. The van der Waals surface area contributed by atoms with Gasteiger partial charge in [-0.15, -0.1) is 0 Å². The lowest BCUT2D eigenvalue weighted by molar-refractivity contribution is -0.00786. The minimum atomic E-state index is -3.16. The van der Waals surface area contributed by atoms with E-state index >= 15 is 0 Å². The first-order chi connectivity index (χ1) is 11.0. The Morgan fingerprint density at radius 1 is 0.583 bits per heavy atom. The van der Waals surface area contributed by atoms with Gasteiger partial charge in [0.25, 0.3) is 11.8 Å². The van der Waals surface area contributed by atoms with Crippen LogP contribution in [0.25, 0.3) is 0 Å². The zero-order valence-electron chi connectivity index (χ0n) is 11.7. The number of halogens is 8. The summed E-state index contributed by atoms with van der Waals surface area (Å²) in [5, 5.41) is 0. The molecule has 0 aromatic heterocycles. The normalized spacial score (nSPS) is 18.3. The average Bonchev–Trinajstić information content (AvgIpc) is 2.44. The minimum Gasteiger partial charge on any atom is -0.201 e. The number of hydrogen-bond acceptors (Lipinski definition) is 0. The molecule has 0 N–H and O–H groups in total. The molecule has 0 aliphatic heterocycles. The Balaban J connectivity index is 2.33. The summed E-state index contributed by atoms with van der Waals surface area (Å²) in [6, 6.07) is 5.09. The summed E-state index contributed by atoms with van der Waals surface area (Å²) in [6.07, 6.45) is -1.22. The van der Waals surface area contributed by atoms with Gasteiger partial charge >= 0.3 is 0 Å². The molecule has 0 radical (unpaired) electrons. The Hall–Kier alpha value is 0.0800. The SMILES string of the molecule is FC1(F)Cc2cc(Br)c(cc2Br)C(F)(F)Cc2cc(Br)c1cc2Br. The number of benzene rings is 2. The topological polar surface area (TPSA) is 0 Å². The Labute approximate surface area is 169 Å². The van der Waals surface area contributed by atoms with Crippen LogP contribution in [0.5, 0.6) is 0 Å². The van der Waals surface area contributed by atoms with E-state index in [2.05, 4.69) is 63.7 Å². The molecule has 128 valence electrons. The second-order valence-electron chi connectivity index (χ2n) is 5.61. The fourth-order valence-electron chi connectivity index (χ4n) is 2.68. The van der Waals surface area contributed by atoms with Crippen LogP contribution in [0.4, 0.5) is 17.6 Å². The highest BCUT2D eigenvalue weighted by Gasteiger charge is 2.40. The van der Waals surface area contributed by atoms with Crippen LogP contribution in [0.3, 0.4) is 0 Å². The summed E-state index contributed by atoms with van der Waals surface area (Å²) in [4.78, 5) is 0. The molecular weight excluding hydrogens is 588 g/mol. The van der Waals surface area contributed by atoms with Crippen LogP contribution >= 0.6 is 63.7 Å². The average molecular weight is 596 g/mol. The molecule has 0 heterocycles. The zero-order chi connectivity index (χ0) is 17.9. The van der Waals surface area contributed by atoms with Gasteiger partial charge < -0.3 is 0 Å². The number of alkyl halides is 4. The molecule has 0 amide bonds. The third-order valence-electron chi connectivity index (χ3n) is 3.89. The molecule has 0 saturated carbocycles. The Morgan fingerprint density at radius 2 is 0.917 bits per heavy atom. The predicted octanol–water partition coefficient (Wildman–Crippen LogP) is 7.72. The maximum absolute atomic E-state index is 14.8. The Morgan fingerprint density at radius 3 is 1.25 bits per heavy atom. The molecule has 0 fully saturated rings. The van der Waals surface area contributed by atoms with Gasteiger partial charge in [0.05, 0.1) is 0 Å². The standard InChI is InChI=1S/C16H8Br4F4/c17-11-3-9-13(19)1-7(11)5-15(21,22)10-4-12(18)8(2-14(10)20)6-16(9,23)24/h1-4H,5-6H2. The van der Waals surface area contributed by atoms with Crippen molar-refractivity contribution >= 4 is 63.7 Å². The molecule has 0 unspecified atom stereocenters. The van der Waals surface area contributed by atoms with Gasteiger partial charge in [0, 0.05) is 41.9 Å². The molecule has 0 nitrogen and oxygen atoms in total. The molecule has 0 spiro atoms. The van der Waals surface area contributed by atoms with Gasteiger partial charge in [-0.1, -0.05) is 63.7 Å². The molecule has 8 heteroatoms. The van der Waals surface area contributed by atoms with E-state index in [4.69, 9.17) is 0 Å². The summed E-state index contributed by atoms with van der Waals surface area (Å²) in [5.41, 5.74) is 0.0152. The fourth-order valence-corrected chi connectivity index (χ4v) is 5.01. The third kappa shape index (κ3) is 3.35. The molecule has 4 aliphatic carbocycles. The summed E-state index contributed by atoms with van der Waals surface area (Å²) in [6.45, 7) is 0. The van der Waals surface area contributed by atoms with E-state index in [0.29, 0.717) is 0 Å². The van der Waals surface area contributed by atoms with E-state index in [1.807, 2.05) is 0 Å². The van der Waals surface area contributed by atoms with Crippen molar-refractivity contribution in [2.75, 3.05) is 0 Å². The molecule has 6 rings (SSSR count). The van der Waals surface area contributed by atoms with Crippen LogP contribution in [-0.2, 0) is 24.7 Å². The molecule has 2 aromatic carbocycles. The zero-order valence-corrected chi connectivity index (χ0v) is 18.1. The Bertz CT molecular complexity index is 764. The smallest absolute Gasteiger partial charge is 0.201 e. The minimum absolute atomic E-state index is 0.117. The number of hydrogen-bond donors (Lipinski definition) is 0. The van der Waals surface area contributed by atoms with Crippen LogP contribution in [0.15, 0.2) is 42.2 Å². The van der Waals surface area contributed by atoms with Gasteiger partial charge in [0.1, 0.15) is 0 Å². The second kappa shape index (κ2) is 6.35. The van der Waals surface area contributed by atoms with Gasteiger partial charge in [0.2, 0.25) is 0 Å². The number of rotatable bonds is 0. The third-order valence-corrected chi connectivity index (χ3v) is 6.67. The van der Waals surface area contributed by atoms with Crippen LogP contribution in [0.1, 0.15) is 22.3 Å². The van der Waals surface area contributed by atoms with E-state index in [9.17, 15) is 17.6 Å². The van der Waals surface area contributed by atoms with Crippen LogP contribution in [0, 0.1) is 0 Å². The maximum atomic E-state index is 14.8. The lowest BCUT2D eigenvalue weighted by Crippen LogP contribution is -2.22. The quantitative estimate of drug-likeness (QED) is 0.274. The molecular formula is C16H8Br4F4. The van der Waals surface area contributed by atoms with E-state index < -0.39 is 24.7 Å². The largest absolute Gasteiger partial charge is 0.278 e. The lowest BCUT2D eigenvalue weighted by Gasteiger charge is -2.25. The fraction of sp³-hybridized carbons (Fsp3) is 0.250. The van der Waals surface area contributed by atoms with E-state index in [-0.39, 0.29) is 40.1 Å². The molecule has 4 bridgehead atoms. The van der Waals surface area contributed by atoms with Crippen molar-refractivity contribution in [3.05, 3.63) is 64.4 Å². The van der Waals surface area contributed by atoms with Gasteiger partial charge in [-0.25, -0.2) is 17.6 Å². The molecule has 0 saturated heterocycles. The van der Waals surface area contributed by atoms with E-state index in [1.165, 1.54) is 24.3 Å². The van der Waals surface area contributed by atoms with Crippen molar-refractivity contribution in [1.82, 2.24) is 0 Å². The van der Waals surface area contributed by atoms with Crippen LogP contribution < -0.4 is 0 Å². The van der Waals surface area contributed by atoms with Crippen molar-refractivity contribution in [2.45, 2.75) is 24.7 Å². The molecule has 24 heavy (non-hydrogen) atoms. The monoisotopic (exact) mass is 592 g/mol. The maximum Gasteiger partial charge on any atom is 0.278 e.